The van der Waals surface area contributed by atoms with Gasteiger partial charge in [-0.1, -0.05) is 64.0 Å². The van der Waals surface area contributed by atoms with Crippen LogP contribution in [-0.2, 0) is 4.79 Å². The van der Waals surface area contributed by atoms with E-state index in [1.54, 1.807) is 0 Å². The van der Waals surface area contributed by atoms with Crippen LogP contribution in [0.1, 0.15) is 90.4 Å². The Morgan fingerprint density at radius 1 is 0.957 bits per heavy atom. The van der Waals surface area contributed by atoms with Crippen LogP contribution in [0.4, 0.5) is 0 Å². The molecule has 128 valence electrons. The number of aliphatic hydroxyl groups is 1. The van der Waals surface area contributed by atoms with Gasteiger partial charge in [0, 0.05) is 6.42 Å². The fourth-order valence-corrected chi connectivity index (χ4v) is 2.36. The van der Waals surface area contributed by atoms with Crippen LogP contribution < -0.4 is 0 Å². The Labute approximate surface area is 207 Å². The van der Waals surface area contributed by atoms with Crippen molar-refractivity contribution in [1.29, 1.82) is 0 Å². The molecule has 0 aromatic heterocycles. The van der Waals surface area contributed by atoms with Crippen LogP contribution in [0.25, 0.3) is 0 Å². The molecule has 0 radical (unpaired) electrons. The Morgan fingerprint density at radius 2 is 1.57 bits per heavy atom. The number of aliphatic hydroxyl groups excluding tert-OH is 1. The normalized spacial score (nSPS) is 11.7. The first kappa shape index (κ1) is 29.6. The molecule has 0 aliphatic carbocycles. The fraction of sp³-hybridized carbons (Fsp3) is 0.833. The zero-order chi connectivity index (χ0) is 15.8. The first-order valence-electron chi connectivity index (χ1n) is 8.71. The van der Waals surface area contributed by atoms with Gasteiger partial charge in [0.15, 0.2) is 0 Å². The number of carbonyl (C=O) groups is 1. The molecule has 0 saturated heterocycles. The van der Waals surface area contributed by atoms with Crippen LogP contribution in [0.3, 0.4) is 0 Å². The van der Waals surface area contributed by atoms with E-state index in [0.717, 1.165) is 51.4 Å². The third kappa shape index (κ3) is 26.1. The Morgan fingerprint density at radius 3 is 2.22 bits per heavy atom. The first-order chi connectivity index (χ1) is 10.2. The van der Waals surface area contributed by atoms with Crippen LogP contribution in [0.5, 0.6) is 0 Å². The molecule has 0 aliphatic heterocycles. The number of hydrogen-bond donors (Lipinski definition) is 2. The van der Waals surface area contributed by atoms with Gasteiger partial charge in [-0.25, -0.2) is 0 Å². The Hall–Kier alpha value is 1.81. The van der Waals surface area contributed by atoms with Crippen LogP contribution >= 0.6 is 0 Å². The molecule has 0 aromatic rings. The van der Waals surface area contributed by atoms with Crippen LogP contribution in [0.2, 0.25) is 0 Å². The van der Waals surface area contributed by atoms with Crippen molar-refractivity contribution in [3.63, 3.8) is 0 Å². The average Bonchev–Trinajstić information content (AvgIpc) is 2.45. The monoisotopic (exact) mass is 362 g/mol. The summed E-state index contributed by atoms with van der Waals surface area (Å²) in [5.74, 6) is -0.689. The summed E-state index contributed by atoms with van der Waals surface area (Å²) in [6.45, 7) is 2.20. The fourth-order valence-electron chi connectivity index (χ4n) is 2.36. The van der Waals surface area contributed by atoms with Crippen molar-refractivity contribution in [2.75, 3.05) is 0 Å². The number of allylic oxidation sites excluding steroid dienone is 1. The summed E-state index contributed by atoms with van der Waals surface area (Å²) in [7, 11) is 0. The van der Waals surface area contributed by atoms with Gasteiger partial charge in [-0.3, -0.25) is 4.79 Å². The molecule has 0 aliphatic rings. The standard InChI is InChI=1S/C18H34O3.K.Na.2H/c1-2-3-4-11-14-17(19)15-12-9-7-5-6-8-10-13-16-18(20)21;;;;/h9,12,17,19H,2-8,10-11,13-16H2,1H3,(H,20,21);;;;/b12-9-;;;;/t17-;;;;/m1..../s1. The van der Waals surface area contributed by atoms with Gasteiger partial charge in [0.2, 0.25) is 0 Å². The van der Waals surface area contributed by atoms with Crippen molar-refractivity contribution in [1.82, 2.24) is 0 Å². The third-order valence-electron chi connectivity index (χ3n) is 3.73. The summed E-state index contributed by atoms with van der Waals surface area (Å²) >= 11 is 0. The van der Waals surface area contributed by atoms with Crippen LogP contribution in [0, 0.1) is 0 Å². The van der Waals surface area contributed by atoms with Crippen molar-refractivity contribution in [3.05, 3.63) is 12.2 Å². The van der Waals surface area contributed by atoms with E-state index in [0.29, 0.717) is 6.42 Å². The summed E-state index contributed by atoms with van der Waals surface area (Å²) < 4.78 is 0. The van der Waals surface area contributed by atoms with Gasteiger partial charge in [0.05, 0.1) is 6.10 Å². The SMILES string of the molecule is CCCCCC[C@@H](O)C/C=C\CCCCCCCC(=O)O.[KH].[NaH]. The minimum absolute atomic E-state index is 0. The van der Waals surface area contributed by atoms with Gasteiger partial charge in [-0.2, -0.15) is 0 Å². The molecule has 0 heterocycles. The second-order valence-corrected chi connectivity index (χ2v) is 5.91. The molecule has 0 saturated carbocycles. The zero-order valence-corrected chi connectivity index (χ0v) is 13.7. The summed E-state index contributed by atoms with van der Waals surface area (Å²) in [6.07, 6.45) is 17.4. The second-order valence-electron chi connectivity index (χ2n) is 5.91. The quantitative estimate of drug-likeness (QED) is 0.265. The predicted molar refractivity (Wildman–Crippen MR) is 103 cm³/mol. The number of unbranched alkanes of at least 4 members (excludes halogenated alkanes) is 8. The number of carboxylic acid groups (broad SMARTS) is 1. The molecule has 0 fully saturated rings. The summed E-state index contributed by atoms with van der Waals surface area (Å²) in [4.78, 5) is 10.3. The van der Waals surface area contributed by atoms with Crippen LogP contribution in [0.15, 0.2) is 12.2 Å². The third-order valence-corrected chi connectivity index (χ3v) is 3.73. The topological polar surface area (TPSA) is 57.5 Å². The van der Waals surface area contributed by atoms with E-state index in [4.69, 9.17) is 5.11 Å². The maximum absolute atomic E-state index is 10.3. The van der Waals surface area contributed by atoms with Crippen molar-refractivity contribution in [2.24, 2.45) is 0 Å². The van der Waals surface area contributed by atoms with E-state index in [1.807, 2.05) is 0 Å². The molecule has 5 heteroatoms. The molecule has 2 N–H and O–H groups in total. The van der Waals surface area contributed by atoms with Gasteiger partial charge in [0.25, 0.3) is 0 Å². The number of hydrogen-bond acceptors (Lipinski definition) is 2. The van der Waals surface area contributed by atoms with E-state index in [2.05, 4.69) is 19.1 Å². The molecule has 23 heavy (non-hydrogen) atoms. The first-order valence-corrected chi connectivity index (χ1v) is 8.71. The molecule has 3 nitrogen and oxygen atoms in total. The molecule has 0 spiro atoms. The van der Waals surface area contributed by atoms with Crippen molar-refractivity contribution < 1.29 is 15.0 Å². The van der Waals surface area contributed by atoms with E-state index in [-0.39, 0.29) is 87.0 Å². The molecular formula is C18H36KNaO3. The van der Waals surface area contributed by atoms with Gasteiger partial charge >= 0.3 is 86.9 Å². The van der Waals surface area contributed by atoms with Crippen molar-refractivity contribution in [2.45, 2.75) is 96.5 Å². The van der Waals surface area contributed by atoms with Crippen LogP contribution in [-0.4, -0.2) is 103 Å². The number of rotatable bonds is 15. The summed E-state index contributed by atoms with van der Waals surface area (Å²) in [5, 5.41) is 18.3. The summed E-state index contributed by atoms with van der Waals surface area (Å²) in [6, 6.07) is 0. The average molecular weight is 363 g/mol. The van der Waals surface area contributed by atoms with Gasteiger partial charge in [0.1, 0.15) is 0 Å². The zero-order valence-electron chi connectivity index (χ0n) is 13.7. The molecule has 0 amide bonds. The maximum atomic E-state index is 10.3. The molecular weight excluding hydrogens is 326 g/mol. The van der Waals surface area contributed by atoms with Gasteiger partial charge in [-0.15, -0.1) is 0 Å². The second kappa shape index (κ2) is 23.8. The van der Waals surface area contributed by atoms with E-state index in [9.17, 15) is 9.90 Å². The van der Waals surface area contributed by atoms with Gasteiger partial charge in [-0.05, 0) is 32.1 Å². The van der Waals surface area contributed by atoms with Gasteiger partial charge < -0.3 is 10.2 Å². The summed E-state index contributed by atoms with van der Waals surface area (Å²) in [5.41, 5.74) is 0. The molecule has 0 unspecified atom stereocenters. The molecule has 0 bridgehead atoms. The Bertz CT molecular complexity index is 273. The molecule has 1 atom stereocenters. The number of carboxylic acids is 1. The Kier molecular flexibility index (Phi) is 30.6. The number of aliphatic carboxylic acids is 1. The van der Waals surface area contributed by atoms with Crippen molar-refractivity contribution >= 4 is 86.9 Å². The van der Waals surface area contributed by atoms with E-state index in [1.165, 1.54) is 25.7 Å². The molecule has 0 aromatic carbocycles. The van der Waals surface area contributed by atoms with E-state index >= 15 is 0 Å². The minimum atomic E-state index is -0.689. The molecule has 0 rings (SSSR count). The van der Waals surface area contributed by atoms with Crippen molar-refractivity contribution in [3.8, 4) is 0 Å². The van der Waals surface area contributed by atoms with E-state index < -0.39 is 5.97 Å². The predicted octanol–water partition coefficient (Wildman–Crippen LogP) is 3.78. The Balaban J connectivity index is -0.00000200.